The number of anilines is 1. The number of carbonyl (C=O) groups excluding carboxylic acids is 2. The Morgan fingerprint density at radius 2 is 1.50 bits per heavy atom. The molecule has 140 valence electrons. The summed E-state index contributed by atoms with van der Waals surface area (Å²) in [5, 5.41) is 5.53. The van der Waals surface area contributed by atoms with E-state index in [9.17, 15) is 9.59 Å². The maximum Gasteiger partial charge on any atom is 0.272 e. The second-order valence-corrected chi connectivity index (χ2v) is 7.73. The Labute approximate surface area is 179 Å². The summed E-state index contributed by atoms with van der Waals surface area (Å²) < 4.78 is 1.77. The molecule has 0 unspecified atom stereocenters. The molecule has 0 spiro atoms. The molecule has 0 aliphatic rings. The van der Waals surface area contributed by atoms with Crippen molar-refractivity contribution in [1.82, 2.24) is 5.32 Å². The van der Waals surface area contributed by atoms with Crippen molar-refractivity contribution < 1.29 is 9.59 Å². The van der Waals surface area contributed by atoms with E-state index < -0.39 is 5.91 Å². The van der Waals surface area contributed by atoms with Crippen LogP contribution in [0.1, 0.15) is 15.9 Å². The Morgan fingerprint density at radius 3 is 2.18 bits per heavy atom. The largest absolute Gasteiger partial charge is 0.321 e. The molecular weight excluding hydrogens is 484 g/mol. The molecule has 0 bridgehead atoms. The highest BCUT2D eigenvalue weighted by Gasteiger charge is 2.15. The van der Waals surface area contributed by atoms with Crippen molar-refractivity contribution in [2.24, 2.45) is 0 Å². The van der Waals surface area contributed by atoms with Gasteiger partial charge in [0.05, 0.1) is 0 Å². The van der Waals surface area contributed by atoms with Crippen molar-refractivity contribution in [3.05, 3.63) is 105 Å². The van der Waals surface area contributed by atoms with Crippen LogP contribution in [-0.2, 0) is 4.79 Å². The Bertz CT molecular complexity index is 1020. The molecule has 0 saturated heterocycles. The van der Waals surface area contributed by atoms with Gasteiger partial charge in [0, 0.05) is 20.2 Å². The third kappa shape index (κ3) is 5.65. The first-order chi connectivity index (χ1) is 13.5. The van der Waals surface area contributed by atoms with Crippen LogP contribution >= 0.6 is 31.9 Å². The molecule has 3 aromatic rings. The summed E-state index contributed by atoms with van der Waals surface area (Å²) in [6, 6.07) is 23.5. The third-order valence-electron chi connectivity index (χ3n) is 3.79. The molecule has 0 aliphatic carbocycles. The molecule has 0 saturated carbocycles. The quantitative estimate of drug-likeness (QED) is 0.447. The maximum absolute atomic E-state index is 12.8. The van der Waals surface area contributed by atoms with Gasteiger partial charge in [-0.3, -0.25) is 9.59 Å². The summed E-state index contributed by atoms with van der Waals surface area (Å²) in [6.07, 6.45) is 1.64. The average Bonchev–Trinajstić information content (AvgIpc) is 2.69. The van der Waals surface area contributed by atoms with E-state index in [2.05, 4.69) is 42.5 Å². The molecule has 6 heteroatoms. The fourth-order valence-corrected chi connectivity index (χ4v) is 3.10. The molecule has 3 aromatic carbocycles. The van der Waals surface area contributed by atoms with E-state index in [0.29, 0.717) is 11.3 Å². The van der Waals surface area contributed by atoms with Crippen LogP contribution in [0.5, 0.6) is 0 Å². The minimum Gasteiger partial charge on any atom is -0.321 e. The van der Waals surface area contributed by atoms with Crippen LogP contribution in [0.25, 0.3) is 6.08 Å². The summed E-state index contributed by atoms with van der Waals surface area (Å²) >= 11 is 6.77. The highest BCUT2D eigenvalue weighted by molar-refractivity contribution is 9.10. The van der Waals surface area contributed by atoms with Gasteiger partial charge in [-0.05, 0) is 54.1 Å². The molecule has 2 amide bonds. The van der Waals surface area contributed by atoms with Crippen molar-refractivity contribution >= 4 is 55.4 Å². The molecule has 4 nitrogen and oxygen atoms in total. The van der Waals surface area contributed by atoms with Crippen LogP contribution in [-0.4, -0.2) is 11.8 Å². The standard InChI is InChI=1S/C22H16Br2N2O2/c23-17-11-9-15(10-12-17)13-20(26-21(27)16-5-2-1-3-6-16)22(28)25-19-8-4-7-18(24)14-19/h1-14H,(H,25,28)(H,26,27)/b20-13+. The lowest BCUT2D eigenvalue weighted by Gasteiger charge is -2.11. The number of benzene rings is 3. The van der Waals surface area contributed by atoms with Crippen molar-refractivity contribution in [2.45, 2.75) is 0 Å². The Balaban J connectivity index is 1.88. The van der Waals surface area contributed by atoms with E-state index in [1.54, 1.807) is 42.5 Å². The average molecular weight is 500 g/mol. The first-order valence-electron chi connectivity index (χ1n) is 8.42. The number of hydrogen-bond donors (Lipinski definition) is 2. The van der Waals surface area contributed by atoms with Gasteiger partial charge in [-0.2, -0.15) is 0 Å². The summed E-state index contributed by atoms with van der Waals surface area (Å²) in [4.78, 5) is 25.4. The second-order valence-electron chi connectivity index (χ2n) is 5.89. The first-order valence-corrected chi connectivity index (χ1v) is 10.0. The Kier molecular flexibility index (Phi) is 6.79. The van der Waals surface area contributed by atoms with E-state index in [1.165, 1.54) is 0 Å². The van der Waals surface area contributed by atoms with Crippen LogP contribution < -0.4 is 10.6 Å². The third-order valence-corrected chi connectivity index (χ3v) is 4.81. The molecule has 3 rings (SSSR count). The van der Waals surface area contributed by atoms with E-state index in [-0.39, 0.29) is 11.6 Å². The lowest BCUT2D eigenvalue weighted by Crippen LogP contribution is -2.30. The van der Waals surface area contributed by atoms with Gasteiger partial charge in [0.2, 0.25) is 0 Å². The fraction of sp³-hybridized carbons (Fsp3) is 0. The van der Waals surface area contributed by atoms with Crippen molar-refractivity contribution in [3.8, 4) is 0 Å². The minimum absolute atomic E-state index is 0.149. The monoisotopic (exact) mass is 498 g/mol. The molecule has 28 heavy (non-hydrogen) atoms. The molecular formula is C22H16Br2N2O2. The van der Waals surface area contributed by atoms with Crippen LogP contribution in [0.15, 0.2) is 93.5 Å². The molecule has 0 fully saturated rings. The lowest BCUT2D eigenvalue weighted by atomic mass is 10.1. The predicted molar refractivity (Wildman–Crippen MR) is 119 cm³/mol. The maximum atomic E-state index is 12.8. The second kappa shape index (κ2) is 9.48. The van der Waals surface area contributed by atoms with Gasteiger partial charge in [-0.15, -0.1) is 0 Å². The van der Waals surface area contributed by atoms with Crippen molar-refractivity contribution in [2.75, 3.05) is 5.32 Å². The van der Waals surface area contributed by atoms with Gasteiger partial charge in [-0.1, -0.05) is 68.3 Å². The predicted octanol–water partition coefficient (Wildman–Crippen LogP) is 5.62. The van der Waals surface area contributed by atoms with Crippen LogP contribution in [0.3, 0.4) is 0 Å². The van der Waals surface area contributed by atoms with E-state index in [4.69, 9.17) is 0 Å². The Morgan fingerprint density at radius 1 is 0.786 bits per heavy atom. The van der Waals surface area contributed by atoms with E-state index in [1.807, 2.05) is 42.5 Å². The normalized spacial score (nSPS) is 11.0. The number of amides is 2. The first kappa shape index (κ1) is 20.0. The summed E-state index contributed by atoms with van der Waals surface area (Å²) in [7, 11) is 0. The SMILES string of the molecule is O=C(Nc1cccc(Br)c1)/C(=C\c1ccc(Br)cc1)NC(=O)c1ccccc1. The summed E-state index contributed by atoms with van der Waals surface area (Å²) in [5.41, 5.74) is 2.03. The molecule has 2 N–H and O–H groups in total. The van der Waals surface area contributed by atoms with E-state index >= 15 is 0 Å². The van der Waals surface area contributed by atoms with Gasteiger partial charge in [0.25, 0.3) is 11.8 Å². The number of carbonyl (C=O) groups is 2. The molecule has 0 heterocycles. The lowest BCUT2D eigenvalue weighted by molar-refractivity contribution is -0.113. The zero-order valence-corrected chi connectivity index (χ0v) is 17.8. The topological polar surface area (TPSA) is 58.2 Å². The van der Waals surface area contributed by atoms with Gasteiger partial charge < -0.3 is 10.6 Å². The molecule has 0 atom stereocenters. The van der Waals surface area contributed by atoms with Gasteiger partial charge in [-0.25, -0.2) is 0 Å². The Hall–Kier alpha value is -2.70. The summed E-state index contributed by atoms with van der Waals surface area (Å²) in [6.45, 7) is 0. The zero-order chi connectivity index (χ0) is 19.9. The zero-order valence-electron chi connectivity index (χ0n) is 14.7. The number of rotatable bonds is 5. The van der Waals surface area contributed by atoms with Gasteiger partial charge >= 0.3 is 0 Å². The highest BCUT2D eigenvalue weighted by Crippen LogP contribution is 2.17. The highest BCUT2D eigenvalue weighted by atomic mass is 79.9. The minimum atomic E-state index is -0.412. The summed E-state index contributed by atoms with van der Waals surface area (Å²) in [5.74, 6) is -0.765. The smallest absolute Gasteiger partial charge is 0.272 e. The van der Waals surface area contributed by atoms with Crippen LogP contribution in [0.4, 0.5) is 5.69 Å². The van der Waals surface area contributed by atoms with Gasteiger partial charge in [0.1, 0.15) is 5.70 Å². The van der Waals surface area contributed by atoms with Crippen LogP contribution in [0, 0.1) is 0 Å². The molecule has 0 aromatic heterocycles. The fourth-order valence-electron chi connectivity index (χ4n) is 2.43. The van der Waals surface area contributed by atoms with Gasteiger partial charge in [0.15, 0.2) is 0 Å². The molecule has 0 radical (unpaired) electrons. The number of nitrogens with one attached hydrogen (secondary N) is 2. The van der Waals surface area contributed by atoms with Crippen LogP contribution in [0.2, 0.25) is 0 Å². The van der Waals surface area contributed by atoms with E-state index in [0.717, 1.165) is 14.5 Å². The van der Waals surface area contributed by atoms with Crippen molar-refractivity contribution in [3.63, 3.8) is 0 Å². The number of halogens is 2. The molecule has 0 aliphatic heterocycles. The van der Waals surface area contributed by atoms with Crippen molar-refractivity contribution in [1.29, 1.82) is 0 Å². The number of hydrogen-bond acceptors (Lipinski definition) is 2.